The second-order valence-electron chi connectivity index (χ2n) is 12.1. The Labute approximate surface area is 251 Å². The Morgan fingerprint density at radius 1 is 0.930 bits per heavy atom. The number of hydrogen-bond acceptors (Lipinski definition) is 12. The van der Waals surface area contributed by atoms with Crippen molar-refractivity contribution in [2.45, 2.75) is 62.8 Å². The van der Waals surface area contributed by atoms with Crippen molar-refractivity contribution < 1.29 is 17.9 Å². The Kier molecular flexibility index (Phi) is 7.82. The molecular weight excluding hydrogens is 570 g/mol. The highest BCUT2D eigenvalue weighted by molar-refractivity contribution is 7.92. The molecule has 3 saturated heterocycles. The highest BCUT2D eigenvalue weighted by Crippen LogP contribution is 2.33. The Morgan fingerprint density at radius 2 is 1.65 bits per heavy atom. The molecule has 14 heteroatoms. The third-order valence-electron chi connectivity index (χ3n) is 8.77. The monoisotopic (exact) mass is 609 g/mol. The van der Waals surface area contributed by atoms with Crippen molar-refractivity contribution in [3.63, 3.8) is 0 Å². The summed E-state index contributed by atoms with van der Waals surface area (Å²) in [4.78, 5) is 23.3. The standard InChI is InChI=1S/C29H39N9O4S/c1-43(39,40)36-22-12-25-26(30-14-22)13-27(37-8-10-41-11-9-37)35-28(25)42-24-6-4-19(5-7-24)34-29-31-15-23(16-32-29)38-17-20-2-3-21(18-38)33-20/h12-16,19-21,24,33,36H,2-11,17-18H2,1H3,(H,31,32,34). The summed E-state index contributed by atoms with van der Waals surface area (Å²) < 4.78 is 38.3. The summed E-state index contributed by atoms with van der Waals surface area (Å²) >= 11 is 0. The molecule has 3 aromatic rings. The Morgan fingerprint density at radius 3 is 2.35 bits per heavy atom. The molecule has 3 aliphatic heterocycles. The number of morpholine rings is 1. The van der Waals surface area contributed by atoms with Gasteiger partial charge in [-0.15, -0.1) is 0 Å². The summed E-state index contributed by atoms with van der Waals surface area (Å²) in [6.07, 6.45) is 12.5. The lowest BCUT2D eigenvalue weighted by molar-refractivity contribution is 0.122. The number of piperazine rings is 1. The molecular formula is C29H39N9O4S. The van der Waals surface area contributed by atoms with E-state index in [0.717, 1.165) is 69.6 Å². The number of anilines is 4. The van der Waals surface area contributed by atoms with Gasteiger partial charge in [0.2, 0.25) is 21.9 Å². The molecule has 3 N–H and O–H groups in total. The van der Waals surface area contributed by atoms with E-state index in [1.807, 2.05) is 18.5 Å². The average molecular weight is 610 g/mol. The van der Waals surface area contributed by atoms with Gasteiger partial charge in [-0.2, -0.15) is 4.98 Å². The maximum atomic E-state index is 11.9. The van der Waals surface area contributed by atoms with E-state index in [1.165, 1.54) is 19.0 Å². The van der Waals surface area contributed by atoms with Gasteiger partial charge in [0.1, 0.15) is 11.9 Å². The zero-order valence-electron chi connectivity index (χ0n) is 24.4. The molecule has 4 aliphatic rings. The Bertz CT molecular complexity index is 1530. The average Bonchev–Trinajstić information content (AvgIpc) is 3.35. The van der Waals surface area contributed by atoms with E-state index in [4.69, 9.17) is 14.5 Å². The summed E-state index contributed by atoms with van der Waals surface area (Å²) in [7, 11) is -3.45. The minimum atomic E-state index is -3.45. The zero-order chi connectivity index (χ0) is 29.4. The lowest BCUT2D eigenvalue weighted by Crippen LogP contribution is -2.51. The molecule has 230 valence electrons. The highest BCUT2D eigenvalue weighted by Gasteiger charge is 2.32. The molecule has 1 saturated carbocycles. The topological polar surface area (TPSA) is 147 Å². The normalized spacial score (nSPS) is 26.0. The summed E-state index contributed by atoms with van der Waals surface area (Å²) in [5.41, 5.74) is 2.17. The van der Waals surface area contributed by atoms with Crippen LogP contribution in [0.5, 0.6) is 5.88 Å². The second-order valence-corrected chi connectivity index (χ2v) is 13.8. The fourth-order valence-corrected chi connectivity index (χ4v) is 7.17. The summed E-state index contributed by atoms with van der Waals surface area (Å²) in [6.45, 7) is 4.79. The van der Waals surface area contributed by atoms with E-state index >= 15 is 0 Å². The van der Waals surface area contributed by atoms with Gasteiger partial charge in [-0.1, -0.05) is 0 Å². The van der Waals surface area contributed by atoms with Gasteiger partial charge in [0, 0.05) is 50.4 Å². The molecule has 0 aromatic carbocycles. The smallest absolute Gasteiger partial charge is 0.229 e. The van der Waals surface area contributed by atoms with Crippen LogP contribution in [0.4, 0.5) is 23.1 Å². The first-order valence-corrected chi connectivity index (χ1v) is 17.1. The predicted octanol–water partition coefficient (Wildman–Crippen LogP) is 2.37. The summed E-state index contributed by atoms with van der Waals surface area (Å²) in [5, 5.41) is 7.86. The van der Waals surface area contributed by atoms with Crippen molar-refractivity contribution in [1.29, 1.82) is 0 Å². The first kappa shape index (κ1) is 28.3. The number of hydrogen-bond donors (Lipinski definition) is 3. The van der Waals surface area contributed by atoms with Crippen LogP contribution in [0.2, 0.25) is 0 Å². The van der Waals surface area contributed by atoms with Gasteiger partial charge < -0.3 is 29.9 Å². The number of pyridine rings is 2. The van der Waals surface area contributed by atoms with Crippen LogP contribution in [0.25, 0.3) is 10.9 Å². The number of ether oxygens (including phenoxy) is 2. The molecule has 7 rings (SSSR count). The van der Waals surface area contributed by atoms with Crippen molar-refractivity contribution in [3.05, 3.63) is 30.7 Å². The van der Waals surface area contributed by atoms with E-state index in [2.05, 4.69) is 40.1 Å². The predicted molar refractivity (Wildman–Crippen MR) is 166 cm³/mol. The lowest BCUT2D eigenvalue weighted by atomic mass is 9.93. The van der Waals surface area contributed by atoms with E-state index in [-0.39, 0.29) is 12.1 Å². The van der Waals surface area contributed by atoms with Crippen LogP contribution in [0, 0.1) is 0 Å². The van der Waals surface area contributed by atoms with E-state index in [9.17, 15) is 8.42 Å². The zero-order valence-corrected chi connectivity index (χ0v) is 25.2. The van der Waals surface area contributed by atoms with Gasteiger partial charge in [0.25, 0.3) is 0 Å². The molecule has 3 aromatic heterocycles. The minimum absolute atomic E-state index is 0.0217. The molecule has 6 heterocycles. The van der Waals surface area contributed by atoms with E-state index in [1.54, 1.807) is 6.07 Å². The van der Waals surface area contributed by atoms with Crippen molar-refractivity contribution in [1.82, 2.24) is 25.3 Å². The summed E-state index contributed by atoms with van der Waals surface area (Å²) in [6, 6.07) is 5.08. The van der Waals surface area contributed by atoms with Crippen molar-refractivity contribution in [2.75, 3.05) is 65.5 Å². The molecule has 2 bridgehead atoms. The quantitative estimate of drug-likeness (QED) is 0.345. The molecule has 0 radical (unpaired) electrons. The SMILES string of the molecule is CS(=O)(=O)Nc1cnc2cc(N3CCOCC3)nc(OC3CCC(Nc4ncc(N5CC6CCC(C5)N6)cn4)CC3)c2c1. The Hall–Kier alpha value is -3.49. The van der Waals surface area contributed by atoms with Crippen LogP contribution in [-0.4, -0.2) is 98.2 Å². The van der Waals surface area contributed by atoms with Gasteiger partial charge in [-0.25, -0.2) is 18.4 Å². The van der Waals surface area contributed by atoms with Crippen LogP contribution in [0.15, 0.2) is 30.7 Å². The number of sulfonamides is 1. The maximum absolute atomic E-state index is 11.9. The van der Waals surface area contributed by atoms with Gasteiger partial charge in [-0.05, 0) is 44.6 Å². The number of fused-ring (bicyclic) bond motifs is 3. The number of aromatic nitrogens is 4. The Balaban J connectivity index is 1.01. The van der Waals surface area contributed by atoms with E-state index < -0.39 is 10.0 Å². The van der Waals surface area contributed by atoms with Crippen LogP contribution >= 0.6 is 0 Å². The third kappa shape index (κ3) is 6.70. The first-order chi connectivity index (χ1) is 20.8. The van der Waals surface area contributed by atoms with Crippen LogP contribution in [-0.2, 0) is 14.8 Å². The van der Waals surface area contributed by atoms with Crippen LogP contribution in [0.3, 0.4) is 0 Å². The van der Waals surface area contributed by atoms with Crippen molar-refractivity contribution in [2.24, 2.45) is 0 Å². The van der Waals surface area contributed by atoms with Gasteiger partial charge in [-0.3, -0.25) is 9.71 Å². The minimum Gasteiger partial charge on any atom is -0.474 e. The lowest BCUT2D eigenvalue weighted by Gasteiger charge is -2.34. The van der Waals surface area contributed by atoms with Crippen molar-refractivity contribution >= 4 is 44.1 Å². The van der Waals surface area contributed by atoms with Crippen molar-refractivity contribution in [3.8, 4) is 5.88 Å². The fourth-order valence-electron chi connectivity index (χ4n) is 6.63. The van der Waals surface area contributed by atoms with Crippen LogP contribution < -0.4 is 29.9 Å². The van der Waals surface area contributed by atoms with E-state index in [0.29, 0.717) is 53.7 Å². The highest BCUT2D eigenvalue weighted by atomic mass is 32.2. The summed E-state index contributed by atoms with van der Waals surface area (Å²) in [5.74, 6) is 1.92. The molecule has 13 nitrogen and oxygen atoms in total. The molecule has 2 atom stereocenters. The maximum Gasteiger partial charge on any atom is 0.229 e. The fraction of sp³-hybridized carbons (Fsp3) is 0.586. The molecule has 43 heavy (non-hydrogen) atoms. The van der Waals surface area contributed by atoms with Gasteiger partial charge >= 0.3 is 0 Å². The number of rotatable bonds is 8. The van der Waals surface area contributed by atoms with Gasteiger partial charge in [0.15, 0.2) is 0 Å². The van der Waals surface area contributed by atoms with Gasteiger partial charge in [0.05, 0.1) is 60.3 Å². The molecule has 1 aliphatic carbocycles. The third-order valence-corrected chi connectivity index (χ3v) is 9.38. The molecule has 4 fully saturated rings. The molecule has 0 spiro atoms. The molecule has 0 amide bonds. The second kappa shape index (κ2) is 11.9. The largest absolute Gasteiger partial charge is 0.474 e. The molecule has 2 unspecified atom stereocenters. The first-order valence-electron chi connectivity index (χ1n) is 15.2. The number of nitrogens with zero attached hydrogens (tertiary/aromatic N) is 6. The van der Waals surface area contributed by atoms with Crippen LogP contribution in [0.1, 0.15) is 38.5 Å². The number of nitrogens with one attached hydrogen (secondary N) is 3.